The molecule has 5 nitrogen and oxygen atoms in total. The second kappa shape index (κ2) is 8.28. The Kier molecular flexibility index (Phi) is 6.11. The van der Waals surface area contributed by atoms with Crippen molar-refractivity contribution in [1.82, 2.24) is 4.90 Å². The van der Waals surface area contributed by atoms with Crippen molar-refractivity contribution in [3.63, 3.8) is 0 Å². The Morgan fingerprint density at radius 2 is 1.72 bits per heavy atom. The number of anilines is 1. The second-order valence-corrected chi connectivity index (χ2v) is 5.90. The van der Waals surface area contributed by atoms with Gasteiger partial charge in [-0.2, -0.15) is 0 Å². The summed E-state index contributed by atoms with van der Waals surface area (Å²) in [5.74, 6) is -1.59. The molecule has 2 aromatic rings. The van der Waals surface area contributed by atoms with Crippen molar-refractivity contribution in [2.24, 2.45) is 0 Å². The van der Waals surface area contributed by atoms with Crippen LogP contribution in [0.5, 0.6) is 0 Å². The van der Waals surface area contributed by atoms with Gasteiger partial charge in [0.2, 0.25) is 0 Å². The van der Waals surface area contributed by atoms with Crippen LogP contribution in [0.3, 0.4) is 0 Å². The third-order valence-corrected chi connectivity index (χ3v) is 3.69. The number of likely N-dealkylation sites (N-methyl/N-ethyl adjacent to an activating group) is 1. The Bertz CT molecular complexity index is 745. The van der Waals surface area contributed by atoms with E-state index < -0.39 is 11.8 Å². The lowest BCUT2D eigenvalue weighted by molar-refractivity contribution is -0.133. The van der Waals surface area contributed by atoms with Gasteiger partial charge in [0.25, 0.3) is 5.91 Å². The van der Waals surface area contributed by atoms with Gasteiger partial charge in [-0.3, -0.25) is 4.79 Å². The van der Waals surface area contributed by atoms with Crippen LogP contribution in [0.15, 0.2) is 48.5 Å². The van der Waals surface area contributed by atoms with E-state index in [1.165, 1.54) is 23.1 Å². The molecule has 1 amide bonds. The largest absolute Gasteiger partial charge is 0.452 e. The first kappa shape index (κ1) is 18.4. The topological polar surface area (TPSA) is 49.9 Å². The molecule has 0 aliphatic heterocycles. The molecular formula is C19H21FN2O3. The summed E-state index contributed by atoms with van der Waals surface area (Å²) in [6, 6.07) is 13.0. The first-order chi connectivity index (χ1) is 11.9. The summed E-state index contributed by atoms with van der Waals surface area (Å²) < 4.78 is 18.0. The number of amides is 1. The number of benzene rings is 2. The van der Waals surface area contributed by atoms with Gasteiger partial charge in [-0.25, -0.2) is 9.18 Å². The molecule has 0 aromatic heterocycles. The van der Waals surface area contributed by atoms with Gasteiger partial charge < -0.3 is 14.5 Å². The molecule has 2 aromatic carbocycles. The van der Waals surface area contributed by atoms with Crippen LogP contribution in [0.25, 0.3) is 0 Å². The van der Waals surface area contributed by atoms with E-state index in [1.807, 2.05) is 43.3 Å². The van der Waals surface area contributed by atoms with Gasteiger partial charge in [-0.15, -0.1) is 0 Å². The van der Waals surface area contributed by atoms with Gasteiger partial charge >= 0.3 is 5.97 Å². The smallest absolute Gasteiger partial charge is 0.338 e. The van der Waals surface area contributed by atoms with Crippen LogP contribution in [-0.2, 0) is 16.1 Å². The van der Waals surface area contributed by atoms with Crippen LogP contribution >= 0.6 is 0 Å². The van der Waals surface area contributed by atoms with Gasteiger partial charge in [-0.05, 0) is 35.9 Å². The van der Waals surface area contributed by atoms with E-state index in [-0.39, 0.29) is 18.1 Å². The summed E-state index contributed by atoms with van der Waals surface area (Å²) in [4.78, 5) is 27.4. The highest BCUT2D eigenvalue weighted by atomic mass is 19.1. The van der Waals surface area contributed by atoms with Crippen LogP contribution in [0.1, 0.15) is 15.9 Å². The maximum Gasteiger partial charge on any atom is 0.338 e. The van der Waals surface area contributed by atoms with Gasteiger partial charge in [-0.1, -0.05) is 18.2 Å². The Balaban J connectivity index is 1.86. The summed E-state index contributed by atoms with van der Waals surface area (Å²) in [5.41, 5.74) is 2.12. The van der Waals surface area contributed by atoms with E-state index >= 15 is 0 Å². The molecule has 0 bridgehead atoms. The molecule has 0 atom stereocenters. The van der Waals surface area contributed by atoms with Gasteiger partial charge in [0.1, 0.15) is 5.82 Å². The minimum atomic E-state index is -0.725. The van der Waals surface area contributed by atoms with E-state index in [2.05, 4.69) is 0 Å². The summed E-state index contributed by atoms with van der Waals surface area (Å²) in [5, 5.41) is 0. The average Bonchev–Trinajstić information content (AvgIpc) is 2.59. The number of nitrogens with zero attached hydrogens (tertiary/aromatic N) is 2. The summed E-state index contributed by atoms with van der Waals surface area (Å²) >= 11 is 0. The van der Waals surface area contributed by atoms with Crippen molar-refractivity contribution in [1.29, 1.82) is 0 Å². The molecule has 0 spiro atoms. The van der Waals surface area contributed by atoms with E-state index in [1.54, 1.807) is 7.05 Å². The van der Waals surface area contributed by atoms with Crippen LogP contribution in [0, 0.1) is 5.82 Å². The molecule has 2 rings (SSSR count). The third-order valence-electron chi connectivity index (χ3n) is 3.69. The fraction of sp³-hybridized carbons (Fsp3) is 0.263. The van der Waals surface area contributed by atoms with Gasteiger partial charge in [0, 0.05) is 33.4 Å². The maximum atomic E-state index is 13.1. The normalized spacial score (nSPS) is 10.2. The molecule has 0 saturated heterocycles. The lowest BCUT2D eigenvalue weighted by Gasteiger charge is -2.18. The van der Waals surface area contributed by atoms with E-state index in [4.69, 9.17) is 4.74 Å². The summed E-state index contributed by atoms with van der Waals surface area (Å²) in [7, 11) is 5.55. The predicted molar refractivity (Wildman–Crippen MR) is 93.9 cm³/mol. The van der Waals surface area contributed by atoms with Crippen LogP contribution in [-0.4, -0.2) is 44.5 Å². The molecule has 0 aliphatic carbocycles. The highest BCUT2D eigenvalue weighted by Crippen LogP contribution is 2.13. The predicted octanol–water partition coefficient (Wildman–Crippen LogP) is 2.71. The number of hydrogen-bond acceptors (Lipinski definition) is 4. The number of esters is 1. The molecule has 0 unspecified atom stereocenters. The Morgan fingerprint density at radius 1 is 1.04 bits per heavy atom. The first-order valence-corrected chi connectivity index (χ1v) is 7.79. The van der Waals surface area contributed by atoms with Crippen molar-refractivity contribution >= 4 is 17.6 Å². The second-order valence-electron chi connectivity index (χ2n) is 5.90. The van der Waals surface area contributed by atoms with Crippen LogP contribution in [0.4, 0.5) is 10.1 Å². The standard InChI is InChI=1S/C19H21FN2O3/c1-21(2)17-9-7-14(8-10-17)12-22(3)18(23)13-25-19(24)15-5-4-6-16(20)11-15/h4-11H,12-13H2,1-3H3. The van der Waals surface area contributed by atoms with E-state index in [0.29, 0.717) is 6.54 Å². The maximum absolute atomic E-state index is 13.1. The molecule has 6 heteroatoms. The van der Waals surface area contributed by atoms with E-state index in [9.17, 15) is 14.0 Å². The van der Waals surface area contributed by atoms with Crippen molar-refractivity contribution in [3.8, 4) is 0 Å². The molecular weight excluding hydrogens is 323 g/mol. The molecule has 0 saturated carbocycles. The Morgan fingerprint density at radius 3 is 2.32 bits per heavy atom. The van der Waals surface area contributed by atoms with Crippen LogP contribution < -0.4 is 4.90 Å². The number of carbonyl (C=O) groups is 2. The SMILES string of the molecule is CN(Cc1ccc(N(C)C)cc1)C(=O)COC(=O)c1cccc(F)c1. The van der Waals surface area contributed by atoms with Crippen molar-refractivity contribution in [2.45, 2.75) is 6.54 Å². The highest BCUT2D eigenvalue weighted by molar-refractivity contribution is 5.91. The van der Waals surface area contributed by atoms with Crippen molar-refractivity contribution in [2.75, 3.05) is 32.6 Å². The number of carbonyl (C=O) groups excluding carboxylic acids is 2. The van der Waals surface area contributed by atoms with E-state index in [0.717, 1.165) is 17.3 Å². The molecule has 0 aliphatic rings. The van der Waals surface area contributed by atoms with Crippen LogP contribution in [0.2, 0.25) is 0 Å². The molecule has 25 heavy (non-hydrogen) atoms. The molecule has 0 N–H and O–H groups in total. The molecule has 0 radical (unpaired) electrons. The fourth-order valence-electron chi connectivity index (χ4n) is 2.20. The van der Waals surface area contributed by atoms with Gasteiger partial charge in [0.05, 0.1) is 5.56 Å². The molecule has 0 heterocycles. The quantitative estimate of drug-likeness (QED) is 0.756. The van der Waals surface area contributed by atoms with Crippen molar-refractivity contribution < 1.29 is 18.7 Å². The molecule has 132 valence electrons. The minimum Gasteiger partial charge on any atom is -0.452 e. The summed E-state index contributed by atoms with van der Waals surface area (Å²) in [6.45, 7) is 0.0195. The zero-order chi connectivity index (χ0) is 18.4. The zero-order valence-electron chi connectivity index (χ0n) is 14.5. The number of rotatable bonds is 6. The van der Waals surface area contributed by atoms with Crippen molar-refractivity contribution in [3.05, 3.63) is 65.5 Å². The number of hydrogen-bond donors (Lipinski definition) is 0. The third kappa shape index (κ3) is 5.31. The number of halogens is 1. The highest BCUT2D eigenvalue weighted by Gasteiger charge is 2.14. The van der Waals surface area contributed by atoms with Gasteiger partial charge in [0.15, 0.2) is 6.61 Å². The summed E-state index contributed by atoms with van der Waals surface area (Å²) in [6.07, 6.45) is 0. The monoisotopic (exact) mass is 344 g/mol. The first-order valence-electron chi connectivity index (χ1n) is 7.79. The Labute approximate surface area is 146 Å². The fourth-order valence-corrected chi connectivity index (χ4v) is 2.20. The Hall–Kier alpha value is -2.89. The number of ether oxygens (including phenoxy) is 1. The zero-order valence-corrected chi connectivity index (χ0v) is 14.5. The minimum absolute atomic E-state index is 0.0785. The average molecular weight is 344 g/mol. The lowest BCUT2D eigenvalue weighted by atomic mass is 10.2. The lowest BCUT2D eigenvalue weighted by Crippen LogP contribution is -2.30. The molecule has 0 fully saturated rings.